The summed E-state index contributed by atoms with van der Waals surface area (Å²) in [5.74, 6) is -2.02. The van der Waals surface area contributed by atoms with Crippen LogP contribution in [0, 0.1) is 19.7 Å². The molecular weight excluding hydrogens is 401 g/mol. The van der Waals surface area contributed by atoms with Crippen molar-refractivity contribution in [2.24, 2.45) is 0 Å². The van der Waals surface area contributed by atoms with Crippen LogP contribution in [0.5, 0.6) is 0 Å². The highest BCUT2D eigenvalue weighted by molar-refractivity contribution is 7.18. The molecular formula is C18H14FN5O4S. The van der Waals surface area contributed by atoms with Crippen molar-refractivity contribution in [2.75, 3.05) is 5.43 Å². The van der Waals surface area contributed by atoms with Gasteiger partial charge in [-0.2, -0.15) is 4.68 Å². The first-order valence-electron chi connectivity index (χ1n) is 8.44. The van der Waals surface area contributed by atoms with E-state index in [-0.39, 0.29) is 5.89 Å². The van der Waals surface area contributed by atoms with E-state index in [1.165, 1.54) is 41.9 Å². The summed E-state index contributed by atoms with van der Waals surface area (Å²) in [6, 6.07) is 5.20. The first kappa shape index (κ1) is 18.7. The number of hydrogen-bond acceptors (Lipinski definition) is 7. The Morgan fingerprint density at radius 3 is 2.69 bits per heavy atom. The van der Waals surface area contributed by atoms with Gasteiger partial charge >= 0.3 is 5.76 Å². The monoisotopic (exact) mass is 415 g/mol. The largest absolute Gasteiger partial charge is 0.437 e. The summed E-state index contributed by atoms with van der Waals surface area (Å²) in [6.45, 7) is 3.23. The van der Waals surface area contributed by atoms with Crippen LogP contribution in [-0.4, -0.2) is 25.3 Å². The lowest BCUT2D eigenvalue weighted by Crippen LogP contribution is -2.36. The van der Waals surface area contributed by atoms with Gasteiger partial charge in [0, 0.05) is 10.4 Å². The lowest BCUT2D eigenvalue weighted by Gasteiger charge is -2.07. The molecule has 29 heavy (non-hydrogen) atoms. The Hall–Kier alpha value is -3.60. The van der Waals surface area contributed by atoms with Gasteiger partial charge in [0.25, 0.3) is 11.5 Å². The van der Waals surface area contributed by atoms with E-state index in [2.05, 4.69) is 15.5 Å². The minimum Gasteiger partial charge on any atom is -0.388 e. The molecule has 4 aromatic rings. The number of aromatic nitrogens is 4. The molecule has 1 aromatic carbocycles. The molecule has 1 amide bonds. The van der Waals surface area contributed by atoms with E-state index in [1.54, 1.807) is 0 Å². The molecule has 0 aliphatic carbocycles. The zero-order valence-electron chi connectivity index (χ0n) is 15.3. The summed E-state index contributed by atoms with van der Waals surface area (Å²) in [7, 11) is 0. The van der Waals surface area contributed by atoms with Crippen LogP contribution < -0.4 is 16.7 Å². The van der Waals surface area contributed by atoms with Gasteiger partial charge in [-0.05, 0) is 43.7 Å². The third-order valence-corrected chi connectivity index (χ3v) is 5.44. The van der Waals surface area contributed by atoms with Gasteiger partial charge in [-0.25, -0.2) is 18.8 Å². The van der Waals surface area contributed by atoms with Crippen LogP contribution >= 0.6 is 11.3 Å². The molecule has 0 fully saturated rings. The molecule has 148 valence electrons. The van der Waals surface area contributed by atoms with Gasteiger partial charge in [-0.3, -0.25) is 15.0 Å². The number of carbonyl (C=O) groups is 1. The van der Waals surface area contributed by atoms with Gasteiger partial charge in [0.2, 0.25) is 5.89 Å². The second kappa shape index (κ2) is 7.09. The summed E-state index contributed by atoms with van der Waals surface area (Å²) >= 11 is 1.40. The van der Waals surface area contributed by atoms with Gasteiger partial charge in [0.15, 0.2) is 0 Å². The van der Waals surface area contributed by atoms with E-state index in [4.69, 9.17) is 4.42 Å². The van der Waals surface area contributed by atoms with Crippen molar-refractivity contribution in [2.45, 2.75) is 20.4 Å². The first-order chi connectivity index (χ1) is 13.8. The van der Waals surface area contributed by atoms with Gasteiger partial charge < -0.3 is 4.42 Å². The normalized spacial score (nSPS) is 11.1. The number of aryl methyl sites for hydroxylation is 2. The van der Waals surface area contributed by atoms with E-state index in [0.717, 1.165) is 19.8 Å². The zero-order chi connectivity index (χ0) is 20.7. The van der Waals surface area contributed by atoms with Crippen molar-refractivity contribution >= 4 is 27.5 Å². The Morgan fingerprint density at radius 1 is 1.24 bits per heavy atom. The van der Waals surface area contributed by atoms with E-state index in [9.17, 15) is 18.8 Å². The molecule has 0 saturated carbocycles. The molecule has 0 aliphatic rings. The van der Waals surface area contributed by atoms with Crippen molar-refractivity contribution in [3.63, 3.8) is 0 Å². The Balaban J connectivity index is 1.56. The Morgan fingerprint density at radius 2 is 1.97 bits per heavy atom. The third-order valence-electron chi connectivity index (χ3n) is 4.33. The van der Waals surface area contributed by atoms with E-state index < -0.39 is 29.6 Å². The van der Waals surface area contributed by atoms with Crippen molar-refractivity contribution in [3.05, 3.63) is 67.8 Å². The quantitative estimate of drug-likeness (QED) is 0.544. The fourth-order valence-corrected chi connectivity index (χ4v) is 3.72. The van der Waals surface area contributed by atoms with Crippen LogP contribution in [0.25, 0.3) is 21.7 Å². The molecule has 3 heterocycles. The molecule has 4 rings (SSSR count). The number of benzene rings is 1. The minimum absolute atomic E-state index is 0.0487. The maximum absolute atomic E-state index is 13.0. The molecule has 0 saturated heterocycles. The van der Waals surface area contributed by atoms with Crippen molar-refractivity contribution < 1.29 is 13.6 Å². The molecule has 0 atom stereocenters. The summed E-state index contributed by atoms with van der Waals surface area (Å²) < 4.78 is 19.8. The van der Waals surface area contributed by atoms with Crippen LogP contribution in [0.2, 0.25) is 0 Å². The number of nitrogens with one attached hydrogen (secondary N) is 1. The molecule has 11 heteroatoms. The smallest absolute Gasteiger partial charge is 0.388 e. The Kier molecular flexibility index (Phi) is 4.59. The summed E-state index contributed by atoms with van der Waals surface area (Å²) in [4.78, 5) is 42.6. The minimum atomic E-state index is -0.857. The lowest BCUT2D eigenvalue weighted by atomic mass is 10.2. The fraction of sp³-hybridized carbons (Fsp3) is 0.167. The fourth-order valence-electron chi connectivity index (χ4n) is 2.74. The molecule has 0 unspecified atom stereocenters. The van der Waals surface area contributed by atoms with Gasteiger partial charge in [0.05, 0.1) is 5.39 Å². The van der Waals surface area contributed by atoms with E-state index in [1.807, 2.05) is 13.8 Å². The average Bonchev–Trinajstić information content (AvgIpc) is 3.18. The number of rotatable bonds is 4. The van der Waals surface area contributed by atoms with Crippen LogP contribution in [0.3, 0.4) is 0 Å². The topological polar surface area (TPSA) is 112 Å². The van der Waals surface area contributed by atoms with Gasteiger partial charge in [-0.1, -0.05) is 0 Å². The number of amides is 1. The number of carbonyl (C=O) groups excluding carboxylic acids is 1. The highest BCUT2D eigenvalue weighted by Gasteiger charge is 2.16. The second-order valence-electron chi connectivity index (χ2n) is 6.26. The van der Waals surface area contributed by atoms with Gasteiger partial charge in [0.1, 0.15) is 23.5 Å². The Labute approximate surface area is 166 Å². The number of nitrogens with zero attached hydrogens (tertiary/aromatic N) is 4. The molecule has 9 nitrogen and oxygen atoms in total. The van der Waals surface area contributed by atoms with E-state index >= 15 is 0 Å². The van der Waals surface area contributed by atoms with Crippen molar-refractivity contribution in [3.8, 4) is 11.5 Å². The second-order valence-corrected chi connectivity index (χ2v) is 7.46. The summed E-state index contributed by atoms with van der Waals surface area (Å²) in [5.41, 5.74) is 3.17. The molecule has 3 aromatic heterocycles. The molecule has 1 N–H and O–H groups in total. The number of thiophene rings is 1. The lowest BCUT2D eigenvalue weighted by molar-refractivity contribution is -0.118. The summed E-state index contributed by atoms with van der Waals surface area (Å²) in [6.07, 6.45) is 1.22. The average molecular weight is 415 g/mol. The maximum Gasteiger partial charge on any atom is 0.437 e. The Bertz CT molecular complexity index is 1350. The number of halogens is 1. The zero-order valence-corrected chi connectivity index (χ0v) is 16.1. The molecule has 0 radical (unpaired) electrons. The van der Waals surface area contributed by atoms with Crippen LogP contribution in [0.15, 0.2) is 44.6 Å². The SMILES string of the molecule is Cc1sc2ncn(NC(=O)Cn3nc(-c4ccc(F)cc4)oc3=O)c(=O)c2c1C. The first-order valence-corrected chi connectivity index (χ1v) is 9.26. The standard InChI is InChI=1S/C18H14FN5O4S/c1-9-10(2)29-16-14(9)17(26)24(8-20-16)21-13(25)7-23-18(27)28-15(22-23)11-3-5-12(19)6-4-11/h3-6,8H,7H2,1-2H3,(H,21,25). The molecule has 0 spiro atoms. The highest BCUT2D eigenvalue weighted by atomic mass is 32.1. The van der Waals surface area contributed by atoms with Crippen molar-refractivity contribution in [1.29, 1.82) is 0 Å². The number of fused-ring (bicyclic) bond motifs is 1. The van der Waals surface area contributed by atoms with Crippen LogP contribution in [-0.2, 0) is 11.3 Å². The van der Waals surface area contributed by atoms with Crippen LogP contribution in [0.4, 0.5) is 4.39 Å². The van der Waals surface area contributed by atoms with E-state index in [0.29, 0.717) is 15.8 Å². The predicted octanol–water partition coefficient (Wildman–Crippen LogP) is 1.80. The molecule has 0 aliphatic heterocycles. The molecule has 0 bridgehead atoms. The van der Waals surface area contributed by atoms with Gasteiger partial charge in [-0.15, -0.1) is 16.4 Å². The van der Waals surface area contributed by atoms with Crippen LogP contribution in [0.1, 0.15) is 10.4 Å². The third kappa shape index (κ3) is 3.47. The predicted molar refractivity (Wildman–Crippen MR) is 104 cm³/mol. The summed E-state index contributed by atoms with van der Waals surface area (Å²) in [5, 5.41) is 4.37. The number of hydrogen-bond donors (Lipinski definition) is 1. The highest BCUT2D eigenvalue weighted by Crippen LogP contribution is 2.25. The van der Waals surface area contributed by atoms with Crippen molar-refractivity contribution in [1.82, 2.24) is 19.4 Å². The maximum atomic E-state index is 13.0.